The van der Waals surface area contributed by atoms with Crippen LogP contribution in [0.25, 0.3) is 6.08 Å². The van der Waals surface area contributed by atoms with Crippen LogP contribution in [0.4, 0.5) is 0 Å². The zero-order chi connectivity index (χ0) is 26.1. The summed E-state index contributed by atoms with van der Waals surface area (Å²) in [4.78, 5) is 11.8. The highest BCUT2D eigenvalue weighted by molar-refractivity contribution is 5.88. The Morgan fingerprint density at radius 2 is 1.86 bits per heavy atom. The number of β-amino-alcohol motifs (C(OH)–C–C–N with tert-alkyl or cyclic N) is 1. The van der Waals surface area contributed by atoms with Crippen molar-refractivity contribution in [3.8, 4) is 5.75 Å². The van der Waals surface area contributed by atoms with Gasteiger partial charge in [-0.1, -0.05) is 36.4 Å². The molecule has 2 aromatic carbocycles. The molecule has 6 heteroatoms. The smallest absolute Gasteiger partial charge is 0.330 e. The maximum atomic E-state index is 11.8. The molecule has 0 unspecified atom stereocenters. The number of aliphatic hydroxyl groups excluding tert-OH is 1. The van der Waals surface area contributed by atoms with Crippen molar-refractivity contribution in [1.82, 2.24) is 5.32 Å². The topological polar surface area (TPSA) is 77.0 Å². The van der Waals surface area contributed by atoms with Crippen LogP contribution in [0.1, 0.15) is 62.5 Å². The number of nitrogens with one attached hydrogen (secondary N) is 1. The molecule has 3 rings (SSSR count). The average molecular weight is 496 g/mol. The van der Waals surface area contributed by atoms with Gasteiger partial charge in [-0.05, 0) is 81.7 Å². The van der Waals surface area contributed by atoms with E-state index in [1.54, 1.807) is 20.1 Å². The van der Waals surface area contributed by atoms with E-state index >= 15 is 0 Å². The van der Waals surface area contributed by atoms with E-state index in [1.807, 2.05) is 25.1 Å². The van der Waals surface area contributed by atoms with Crippen LogP contribution in [0.2, 0.25) is 0 Å². The van der Waals surface area contributed by atoms with Gasteiger partial charge in [0.15, 0.2) is 0 Å². The van der Waals surface area contributed by atoms with Crippen molar-refractivity contribution >= 4 is 12.0 Å². The van der Waals surface area contributed by atoms with Gasteiger partial charge in [-0.15, -0.1) is 0 Å². The van der Waals surface area contributed by atoms with Crippen molar-refractivity contribution in [2.24, 2.45) is 5.92 Å². The fourth-order valence-corrected chi connectivity index (χ4v) is 5.00. The number of esters is 1. The highest BCUT2D eigenvalue weighted by Gasteiger charge is 2.28. The predicted octanol–water partition coefficient (Wildman–Crippen LogP) is 4.88. The molecule has 36 heavy (non-hydrogen) atoms. The summed E-state index contributed by atoms with van der Waals surface area (Å²) >= 11 is 0. The van der Waals surface area contributed by atoms with Gasteiger partial charge in [-0.3, -0.25) is 0 Å². The zero-order valence-corrected chi connectivity index (χ0v) is 22.3. The van der Waals surface area contributed by atoms with E-state index < -0.39 is 12.1 Å². The number of fused-ring (bicyclic) bond motifs is 1. The van der Waals surface area contributed by atoms with Gasteiger partial charge in [-0.2, -0.15) is 0 Å². The van der Waals surface area contributed by atoms with Gasteiger partial charge < -0.3 is 24.6 Å². The van der Waals surface area contributed by atoms with Crippen molar-refractivity contribution in [2.75, 3.05) is 26.9 Å². The van der Waals surface area contributed by atoms with Crippen LogP contribution in [-0.4, -0.2) is 49.6 Å². The molecule has 0 heterocycles. The van der Waals surface area contributed by atoms with Crippen molar-refractivity contribution in [3.63, 3.8) is 0 Å². The third-order valence-electron chi connectivity index (χ3n) is 6.72. The van der Waals surface area contributed by atoms with Crippen LogP contribution in [0.5, 0.6) is 5.75 Å². The summed E-state index contributed by atoms with van der Waals surface area (Å²) in [7, 11) is 1.59. The minimum atomic E-state index is -0.642. The standard InChI is InChI=1S/C30H41NO5/c1-6-35-29(33)15-14-27-26(12-9-13-28(27)34-5)21(2)36-20-25(32)19-31-30(3,4)18-22-16-23-10-7-8-11-24(23)17-22/h7-15,21-22,25,31-32H,6,16-20H2,1-5H3/b15-14+/t21-,25-/m1/s1. The fraction of sp³-hybridized carbons (Fsp3) is 0.500. The first-order chi connectivity index (χ1) is 17.2. The van der Waals surface area contributed by atoms with Crippen LogP contribution in [0.15, 0.2) is 48.5 Å². The molecule has 0 saturated carbocycles. The lowest BCUT2D eigenvalue weighted by Gasteiger charge is -2.31. The molecule has 1 aliphatic rings. The van der Waals surface area contributed by atoms with E-state index in [4.69, 9.17) is 14.2 Å². The summed E-state index contributed by atoms with van der Waals surface area (Å²) in [5.74, 6) is 0.850. The number of methoxy groups -OCH3 is 1. The van der Waals surface area contributed by atoms with Gasteiger partial charge in [0.05, 0.1) is 32.5 Å². The lowest BCUT2D eigenvalue weighted by Crippen LogP contribution is -2.45. The third-order valence-corrected chi connectivity index (χ3v) is 6.72. The summed E-state index contributed by atoms with van der Waals surface area (Å²) in [6.07, 6.45) is 5.43. The Morgan fingerprint density at radius 3 is 2.50 bits per heavy atom. The molecule has 0 fully saturated rings. The monoisotopic (exact) mass is 495 g/mol. The summed E-state index contributed by atoms with van der Waals surface area (Å²) < 4.78 is 16.5. The van der Waals surface area contributed by atoms with Gasteiger partial charge in [0.2, 0.25) is 0 Å². The molecule has 0 spiro atoms. The molecule has 0 amide bonds. The quantitative estimate of drug-likeness (QED) is 0.305. The summed E-state index contributed by atoms with van der Waals surface area (Å²) in [6.45, 7) is 9.06. The number of carbonyl (C=O) groups is 1. The Kier molecular flexibility index (Phi) is 10.1. The fourth-order valence-electron chi connectivity index (χ4n) is 5.00. The number of hydrogen-bond acceptors (Lipinski definition) is 6. The first kappa shape index (κ1) is 27.9. The van der Waals surface area contributed by atoms with E-state index in [1.165, 1.54) is 17.2 Å². The molecule has 0 bridgehead atoms. The molecule has 2 N–H and O–H groups in total. The van der Waals surface area contributed by atoms with Gasteiger partial charge in [0, 0.05) is 23.7 Å². The van der Waals surface area contributed by atoms with Gasteiger partial charge in [0.1, 0.15) is 5.75 Å². The van der Waals surface area contributed by atoms with E-state index in [0.29, 0.717) is 24.8 Å². The Labute approximate surface area is 215 Å². The number of hydrogen-bond donors (Lipinski definition) is 2. The van der Waals surface area contributed by atoms with Crippen LogP contribution in [-0.2, 0) is 27.1 Å². The normalized spacial score (nSPS) is 15.6. The molecule has 6 nitrogen and oxygen atoms in total. The number of aliphatic hydroxyl groups is 1. The molecule has 0 saturated heterocycles. The molecule has 2 atom stereocenters. The molecule has 1 aliphatic carbocycles. The number of benzene rings is 2. The minimum Gasteiger partial charge on any atom is -0.496 e. The van der Waals surface area contributed by atoms with Crippen LogP contribution in [0.3, 0.4) is 0 Å². The Bertz CT molecular complexity index is 1010. The van der Waals surface area contributed by atoms with Crippen molar-refractivity contribution in [2.45, 2.75) is 64.7 Å². The Balaban J connectivity index is 1.51. The highest BCUT2D eigenvalue weighted by Crippen LogP contribution is 2.32. The predicted molar refractivity (Wildman–Crippen MR) is 143 cm³/mol. The summed E-state index contributed by atoms with van der Waals surface area (Å²) in [6, 6.07) is 14.4. The molecule has 0 radical (unpaired) electrons. The Hall–Kier alpha value is -2.67. The van der Waals surface area contributed by atoms with E-state index in [9.17, 15) is 9.90 Å². The molecule has 0 aliphatic heterocycles. The van der Waals surface area contributed by atoms with Gasteiger partial charge in [-0.25, -0.2) is 4.79 Å². The molecule has 0 aromatic heterocycles. The first-order valence-electron chi connectivity index (χ1n) is 12.9. The second kappa shape index (κ2) is 13.0. The zero-order valence-electron chi connectivity index (χ0n) is 22.3. The van der Waals surface area contributed by atoms with Gasteiger partial charge in [0.25, 0.3) is 0 Å². The lowest BCUT2D eigenvalue weighted by atomic mass is 9.88. The highest BCUT2D eigenvalue weighted by atomic mass is 16.5. The van der Waals surface area contributed by atoms with Crippen molar-refractivity contribution in [1.29, 1.82) is 0 Å². The molecular formula is C30H41NO5. The maximum Gasteiger partial charge on any atom is 0.330 e. The number of carbonyl (C=O) groups excluding carboxylic acids is 1. The van der Waals surface area contributed by atoms with Crippen LogP contribution in [0, 0.1) is 5.92 Å². The van der Waals surface area contributed by atoms with Crippen LogP contribution < -0.4 is 10.1 Å². The third kappa shape index (κ3) is 7.92. The van der Waals surface area contributed by atoms with E-state index in [0.717, 1.165) is 30.4 Å². The largest absolute Gasteiger partial charge is 0.496 e. The molecular weight excluding hydrogens is 454 g/mol. The summed E-state index contributed by atoms with van der Waals surface area (Å²) in [5.41, 5.74) is 4.48. The lowest BCUT2D eigenvalue weighted by molar-refractivity contribution is -0.137. The van der Waals surface area contributed by atoms with E-state index in [-0.39, 0.29) is 18.2 Å². The number of ether oxygens (including phenoxy) is 3. The van der Waals surface area contributed by atoms with Crippen molar-refractivity contribution < 1.29 is 24.1 Å². The number of rotatable bonds is 13. The van der Waals surface area contributed by atoms with Gasteiger partial charge >= 0.3 is 5.97 Å². The SMILES string of the molecule is CCOC(=O)/C=C/c1c(OC)cccc1[C@@H](C)OC[C@H](O)CNC(C)(C)CC1Cc2ccccc2C1. The van der Waals surface area contributed by atoms with E-state index in [2.05, 4.69) is 43.4 Å². The summed E-state index contributed by atoms with van der Waals surface area (Å²) in [5, 5.41) is 14.2. The Morgan fingerprint density at radius 1 is 1.17 bits per heavy atom. The van der Waals surface area contributed by atoms with Crippen molar-refractivity contribution in [3.05, 3.63) is 70.8 Å². The second-order valence-electron chi connectivity index (χ2n) is 10.2. The minimum absolute atomic E-state index is 0.0861. The second-order valence-corrected chi connectivity index (χ2v) is 10.2. The van der Waals surface area contributed by atoms with Crippen LogP contribution >= 0.6 is 0 Å². The molecule has 196 valence electrons. The average Bonchev–Trinajstić information content (AvgIpc) is 3.26. The molecule has 2 aromatic rings. The first-order valence-corrected chi connectivity index (χ1v) is 12.9. The maximum absolute atomic E-state index is 11.8.